The van der Waals surface area contributed by atoms with Crippen molar-refractivity contribution in [2.24, 2.45) is 0 Å². The fourth-order valence-electron chi connectivity index (χ4n) is 4.82. The summed E-state index contributed by atoms with van der Waals surface area (Å²) in [5.74, 6) is 0. The Labute approximate surface area is 170 Å². The second kappa shape index (κ2) is 8.02. The van der Waals surface area contributed by atoms with Gasteiger partial charge in [-0.3, -0.25) is 14.1 Å². The molecule has 0 radical (unpaired) electrons. The summed E-state index contributed by atoms with van der Waals surface area (Å²) in [7, 11) is 0. The molecule has 0 bridgehead atoms. The third-order valence-corrected chi connectivity index (χ3v) is 6.23. The van der Waals surface area contributed by atoms with Crippen LogP contribution in [0.25, 0.3) is 16.7 Å². The second-order valence-electron chi connectivity index (χ2n) is 8.12. The number of hydrogen-bond acceptors (Lipinski definition) is 4. The van der Waals surface area contributed by atoms with Crippen molar-refractivity contribution in [1.29, 1.82) is 5.26 Å². The molecule has 152 valence electrons. The van der Waals surface area contributed by atoms with Crippen molar-refractivity contribution >= 4 is 16.7 Å². The number of aliphatic hydroxyl groups excluding tert-OH is 1. The second-order valence-corrected chi connectivity index (χ2v) is 8.12. The van der Waals surface area contributed by atoms with Gasteiger partial charge in [-0.1, -0.05) is 25.5 Å². The normalized spacial score (nSPS) is 18.9. The number of aromatic nitrogens is 2. The zero-order chi connectivity index (χ0) is 20.5. The third-order valence-electron chi connectivity index (χ3n) is 6.23. The van der Waals surface area contributed by atoms with Gasteiger partial charge in [-0.05, 0) is 50.4 Å². The largest absolute Gasteiger partial charge is 0.390 e. The first-order valence-electron chi connectivity index (χ1n) is 10.5. The highest BCUT2D eigenvalue weighted by atomic mass is 16.3. The van der Waals surface area contributed by atoms with Gasteiger partial charge in [-0.2, -0.15) is 5.26 Å². The Morgan fingerprint density at radius 3 is 2.72 bits per heavy atom. The van der Waals surface area contributed by atoms with Crippen LogP contribution < -0.4 is 5.56 Å². The number of aliphatic hydroxyl groups is 1. The number of pyridine rings is 1. The molecule has 6 heteroatoms. The van der Waals surface area contributed by atoms with Crippen LogP contribution in [0.5, 0.6) is 0 Å². The van der Waals surface area contributed by atoms with Crippen LogP contribution in [-0.2, 0) is 6.54 Å². The van der Waals surface area contributed by atoms with Crippen LogP contribution in [0.4, 0.5) is 0 Å². The molecule has 1 aliphatic heterocycles. The fourth-order valence-corrected chi connectivity index (χ4v) is 4.82. The van der Waals surface area contributed by atoms with E-state index in [4.69, 9.17) is 0 Å². The van der Waals surface area contributed by atoms with Crippen LogP contribution in [0.3, 0.4) is 0 Å². The number of nitrogens with zero attached hydrogens (tertiary/aromatic N) is 4. The smallest absolute Gasteiger partial charge is 0.257 e. The average Bonchev–Trinajstić information content (AvgIpc) is 3.03. The van der Waals surface area contributed by atoms with Gasteiger partial charge in [0.15, 0.2) is 0 Å². The average molecular weight is 393 g/mol. The molecule has 1 N–H and O–H groups in total. The van der Waals surface area contributed by atoms with Gasteiger partial charge in [-0.15, -0.1) is 0 Å². The van der Waals surface area contributed by atoms with E-state index in [-0.39, 0.29) is 5.56 Å². The number of benzene rings is 1. The Hall–Kier alpha value is -2.62. The van der Waals surface area contributed by atoms with E-state index in [0.717, 1.165) is 24.0 Å². The van der Waals surface area contributed by atoms with E-state index in [2.05, 4.69) is 17.9 Å². The van der Waals surface area contributed by atoms with Crippen molar-refractivity contribution in [2.75, 3.05) is 13.1 Å². The van der Waals surface area contributed by atoms with Crippen LogP contribution in [0.15, 0.2) is 35.1 Å². The van der Waals surface area contributed by atoms with E-state index in [0.29, 0.717) is 35.9 Å². The number of imidazole rings is 1. The topological polar surface area (TPSA) is 73.7 Å². The molecule has 3 heterocycles. The van der Waals surface area contributed by atoms with Crippen molar-refractivity contribution in [1.82, 2.24) is 13.9 Å². The van der Waals surface area contributed by atoms with Gasteiger partial charge >= 0.3 is 0 Å². The minimum atomic E-state index is -0.580. The summed E-state index contributed by atoms with van der Waals surface area (Å²) in [5.41, 5.74) is 3.19. The molecule has 0 unspecified atom stereocenters. The summed E-state index contributed by atoms with van der Waals surface area (Å²) < 4.78 is 3.54. The van der Waals surface area contributed by atoms with Crippen LogP contribution in [-0.4, -0.2) is 44.2 Å². The highest BCUT2D eigenvalue weighted by molar-refractivity contribution is 5.84. The first-order valence-corrected chi connectivity index (χ1v) is 10.5. The standard InChI is InChI=1S/C23H28N4O2/c1-3-17-8-6-7-11-25(17)14-18(28)15-26-20-9-4-5-10-21(20)27-22(29)12-16(2)19(13-24)23(26)27/h4-5,9-10,12,17-18,28H,3,6-8,11,14-15H2,1-2H3/t17-,18-/m1/s1. The number of nitriles is 1. The maximum atomic E-state index is 12.7. The molecule has 1 aliphatic rings. The number of para-hydroxylation sites is 2. The first-order chi connectivity index (χ1) is 14.0. The zero-order valence-corrected chi connectivity index (χ0v) is 17.1. The predicted octanol–water partition coefficient (Wildman–Crippen LogP) is 3.06. The summed E-state index contributed by atoms with van der Waals surface area (Å²) in [6, 6.07) is 11.9. The molecular formula is C23H28N4O2. The summed E-state index contributed by atoms with van der Waals surface area (Å²) in [6.45, 7) is 5.97. The summed E-state index contributed by atoms with van der Waals surface area (Å²) in [4.78, 5) is 15.1. The number of piperidine rings is 1. The maximum absolute atomic E-state index is 12.7. The minimum absolute atomic E-state index is 0.150. The molecule has 1 saturated heterocycles. The molecule has 1 aromatic carbocycles. The number of likely N-dealkylation sites (tertiary alicyclic amines) is 1. The van der Waals surface area contributed by atoms with E-state index >= 15 is 0 Å². The lowest BCUT2D eigenvalue weighted by molar-refractivity contribution is 0.0581. The van der Waals surface area contributed by atoms with Gasteiger partial charge in [0.25, 0.3) is 5.56 Å². The van der Waals surface area contributed by atoms with Gasteiger partial charge in [0.1, 0.15) is 11.7 Å². The number of aryl methyl sites for hydroxylation is 1. The lowest BCUT2D eigenvalue weighted by Crippen LogP contribution is -2.44. The Balaban J connectivity index is 1.78. The van der Waals surface area contributed by atoms with Crippen molar-refractivity contribution in [3.05, 3.63) is 51.8 Å². The molecular weight excluding hydrogens is 364 g/mol. The van der Waals surface area contributed by atoms with Crippen LogP contribution >= 0.6 is 0 Å². The van der Waals surface area contributed by atoms with E-state index in [1.807, 2.05) is 28.8 Å². The molecule has 0 spiro atoms. The Morgan fingerprint density at radius 1 is 1.24 bits per heavy atom. The quantitative estimate of drug-likeness (QED) is 0.724. The SMILES string of the molecule is CC[C@@H]1CCCCN1C[C@@H](O)Cn1c2ccccc2n2c(=O)cc(C)c(C#N)c12. The lowest BCUT2D eigenvalue weighted by Gasteiger charge is -2.36. The van der Waals surface area contributed by atoms with Crippen LogP contribution in [0.1, 0.15) is 43.7 Å². The highest BCUT2D eigenvalue weighted by Gasteiger charge is 2.24. The highest BCUT2D eigenvalue weighted by Crippen LogP contribution is 2.25. The summed E-state index contributed by atoms with van der Waals surface area (Å²) in [6.07, 6.45) is 4.13. The third kappa shape index (κ3) is 3.45. The molecule has 0 amide bonds. The van der Waals surface area contributed by atoms with Gasteiger partial charge in [-0.25, -0.2) is 0 Å². The lowest BCUT2D eigenvalue weighted by atomic mass is 9.99. The molecule has 6 nitrogen and oxygen atoms in total. The van der Waals surface area contributed by atoms with Crippen LogP contribution in [0.2, 0.25) is 0 Å². The molecule has 0 saturated carbocycles. The van der Waals surface area contributed by atoms with Gasteiger partial charge in [0.2, 0.25) is 0 Å². The van der Waals surface area contributed by atoms with E-state index in [9.17, 15) is 15.2 Å². The van der Waals surface area contributed by atoms with Crippen molar-refractivity contribution in [3.63, 3.8) is 0 Å². The molecule has 4 rings (SSSR count). The van der Waals surface area contributed by atoms with Crippen molar-refractivity contribution < 1.29 is 5.11 Å². The zero-order valence-electron chi connectivity index (χ0n) is 17.1. The van der Waals surface area contributed by atoms with E-state index in [1.165, 1.54) is 25.3 Å². The van der Waals surface area contributed by atoms with Gasteiger partial charge in [0.05, 0.1) is 29.2 Å². The fraction of sp³-hybridized carbons (Fsp3) is 0.478. The van der Waals surface area contributed by atoms with E-state index < -0.39 is 6.10 Å². The molecule has 2 aromatic heterocycles. The number of β-amino-alcohol motifs (C(OH)–C–C–N with tert-alkyl or cyclic N) is 1. The van der Waals surface area contributed by atoms with Crippen molar-refractivity contribution in [3.8, 4) is 6.07 Å². The number of hydrogen-bond donors (Lipinski definition) is 1. The summed E-state index contributed by atoms with van der Waals surface area (Å²) in [5, 5.41) is 20.7. The molecule has 2 atom stereocenters. The van der Waals surface area contributed by atoms with E-state index in [1.54, 1.807) is 11.3 Å². The maximum Gasteiger partial charge on any atom is 0.257 e. The first kappa shape index (κ1) is 19.7. The predicted molar refractivity (Wildman–Crippen MR) is 114 cm³/mol. The molecule has 29 heavy (non-hydrogen) atoms. The number of rotatable bonds is 5. The van der Waals surface area contributed by atoms with Crippen LogP contribution in [0, 0.1) is 18.3 Å². The minimum Gasteiger partial charge on any atom is -0.390 e. The molecule has 0 aliphatic carbocycles. The number of fused-ring (bicyclic) bond motifs is 3. The molecule has 3 aromatic rings. The van der Waals surface area contributed by atoms with Gasteiger partial charge < -0.3 is 9.67 Å². The monoisotopic (exact) mass is 392 g/mol. The van der Waals surface area contributed by atoms with Crippen molar-refractivity contribution in [2.45, 2.75) is 58.2 Å². The Bertz CT molecular complexity index is 1140. The molecule has 1 fully saturated rings. The Kier molecular flexibility index (Phi) is 5.44. The Morgan fingerprint density at radius 2 is 2.00 bits per heavy atom. The summed E-state index contributed by atoms with van der Waals surface area (Å²) >= 11 is 0. The van der Waals surface area contributed by atoms with Gasteiger partial charge in [0, 0.05) is 18.7 Å².